The second-order valence-corrected chi connectivity index (χ2v) is 9.71. The Hall–Kier alpha value is -3.29. The fourth-order valence-corrected chi connectivity index (χ4v) is 5.01. The average molecular weight is 473 g/mol. The Kier molecular flexibility index (Phi) is 6.83. The summed E-state index contributed by atoms with van der Waals surface area (Å²) >= 11 is 1.39. The highest BCUT2D eigenvalue weighted by Gasteiger charge is 2.25. The van der Waals surface area contributed by atoms with Gasteiger partial charge < -0.3 is 9.64 Å². The van der Waals surface area contributed by atoms with Crippen molar-refractivity contribution in [1.29, 1.82) is 0 Å². The van der Waals surface area contributed by atoms with Crippen LogP contribution in [0, 0.1) is 0 Å². The number of carbonyl (C=O) groups is 1. The van der Waals surface area contributed by atoms with Gasteiger partial charge in [-0.2, -0.15) is 0 Å². The van der Waals surface area contributed by atoms with Crippen molar-refractivity contribution >= 4 is 28.1 Å². The van der Waals surface area contributed by atoms with Gasteiger partial charge in [-0.25, -0.2) is 0 Å². The molecule has 0 unspecified atom stereocenters. The number of rotatable bonds is 7. The Bertz CT molecular complexity index is 1240. The van der Waals surface area contributed by atoms with Crippen molar-refractivity contribution in [3.8, 4) is 5.75 Å². The maximum Gasteiger partial charge on any atom is 0.265 e. The van der Waals surface area contributed by atoms with E-state index in [9.17, 15) is 4.79 Å². The van der Waals surface area contributed by atoms with Crippen LogP contribution in [0.25, 0.3) is 10.9 Å². The van der Waals surface area contributed by atoms with Crippen LogP contribution in [0.1, 0.15) is 33.6 Å². The van der Waals surface area contributed by atoms with Gasteiger partial charge in [-0.1, -0.05) is 24.3 Å². The summed E-state index contributed by atoms with van der Waals surface area (Å²) < 4.78 is 6.20. The number of hydrogen-bond donors (Lipinski definition) is 0. The van der Waals surface area contributed by atoms with Crippen LogP contribution in [0.5, 0.6) is 5.75 Å². The van der Waals surface area contributed by atoms with Crippen LogP contribution in [0.3, 0.4) is 0 Å². The molecule has 4 aromatic rings. The third-order valence-electron chi connectivity index (χ3n) is 6.17. The SMILES string of the molecule is CN(Cc1ccc(OC2CCN(C(=O)c3cncs3)CC2)cc1)Cc1ccc2ncccc2c1. The van der Waals surface area contributed by atoms with Gasteiger partial charge in [-0.15, -0.1) is 11.3 Å². The van der Waals surface area contributed by atoms with Gasteiger partial charge in [-0.05, 0) is 48.5 Å². The molecule has 0 aliphatic carbocycles. The third-order valence-corrected chi connectivity index (χ3v) is 6.93. The minimum absolute atomic E-state index is 0.0785. The van der Waals surface area contributed by atoms with Gasteiger partial charge in [0, 0.05) is 50.6 Å². The normalized spacial score (nSPS) is 14.6. The van der Waals surface area contributed by atoms with E-state index in [0.29, 0.717) is 4.88 Å². The number of ether oxygens (including phenoxy) is 1. The van der Waals surface area contributed by atoms with Crippen LogP contribution >= 0.6 is 11.3 Å². The molecule has 0 bridgehead atoms. The quantitative estimate of drug-likeness (QED) is 0.379. The smallest absolute Gasteiger partial charge is 0.265 e. The topological polar surface area (TPSA) is 58.6 Å². The number of likely N-dealkylation sites (tertiary alicyclic amines) is 1. The third kappa shape index (κ3) is 5.43. The van der Waals surface area contributed by atoms with Gasteiger partial charge >= 0.3 is 0 Å². The first-order valence-electron chi connectivity index (χ1n) is 11.6. The maximum absolute atomic E-state index is 12.5. The molecule has 0 atom stereocenters. The lowest BCUT2D eigenvalue weighted by atomic mass is 10.1. The second-order valence-electron chi connectivity index (χ2n) is 8.82. The number of nitrogens with zero attached hydrogens (tertiary/aromatic N) is 4. The standard InChI is InChI=1S/C27H28N4O2S/c1-30(18-21-6-9-25-22(15-21)3-2-12-29-25)17-20-4-7-23(8-5-20)33-24-10-13-31(14-11-24)27(32)26-16-28-19-34-26/h2-9,12,15-16,19,24H,10-11,13-14,17-18H2,1H3. The van der Waals surface area contributed by atoms with Crippen LogP contribution in [0.2, 0.25) is 0 Å². The molecule has 174 valence electrons. The van der Waals surface area contributed by atoms with E-state index in [4.69, 9.17) is 4.74 Å². The summed E-state index contributed by atoms with van der Waals surface area (Å²) in [7, 11) is 2.14. The molecule has 2 aromatic carbocycles. The lowest BCUT2D eigenvalue weighted by Crippen LogP contribution is -2.41. The van der Waals surface area contributed by atoms with Crippen molar-refractivity contribution in [1.82, 2.24) is 19.8 Å². The van der Waals surface area contributed by atoms with Crippen molar-refractivity contribution in [3.05, 3.63) is 88.5 Å². The summed E-state index contributed by atoms with van der Waals surface area (Å²) in [5.41, 5.74) is 5.26. The number of carbonyl (C=O) groups excluding carboxylic acids is 1. The monoisotopic (exact) mass is 472 g/mol. The minimum atomic E-state index is 0.0785. The van der Waals surface area contributed by atoms with Gasteiger partial charge in [0.25, 0.3) is 5.91 Å². The van der Waals surface area contributed by atoms with Crippen LogP contribution in [0.4, 0.5) is 0 Å². The van der Waals surface area contributed by atoms with E-state index in [-0.39, 0.29) is 12.0 Å². The minimum Gasteiger partial charge on any atom is -0.490 e. The zero-order valence-corrected chi connectivity index (χ0v) is 20.1. The van der Waals surface area contributed by atoms with E-state index in [1.807, 2.05) is 17.2 Å². The summed E-state index contributed by atoms with van der Waals surface area (Å²) in [6.45, 7) is 3.18. The number of benzene rings is 2. The molecular formula is C27H28N4O2S. The molecule has 3 heterocycles. The molecule has 1 aliphatic heterocycles. The zero-order chi connectivity index (χ0) is 23.3. The van der Waals surface area contributed by atoms with E-state index < -0.39 is 0 Å². The fourth-order valence-electron chi connectivity index (χ4n) is 4.42. The average Bonchev–Trinajstić information content (AvgIpc) is 3.40. The molecule has 7 heteroatoms. The Morgan fingerprint density at radius 1 is 1.09 bits per heavy atom. The largest absolute Gasteiger partial charge is 0.490 e. The number of pyridine rings is 1. The number of fused-ring (bicyclic) bond motifs is 1. The van der Waals surface area contributed by atoms with Crippen molar-refractivity contribution in [2.75, 3.05) is 20.1 Å². The van der Waals surface area contributed by atoms with E-state index in [0.717, 1.165) is 50.3 Å². The predicted octanol–water partition coefficient (Wildman–Crippen LogP) is 5.01. The van der Waals surface area contributed by atoms with E-state index >= 15 is 0 Å². The number of aromatic nitrogens is 2. The molecule has 34 heavy (non-hydrogen) atoms. The summed E-state index contributed by atoms with van der Waals surface area (Å²) in [6.07, 6.45) is 5.30. The van der Waals surface area contributed by atoms with Crippen molar-refractivity contribution in [2.45, 2.75) is 32.0 Å². The second kappa shape index (κ2) is 10.3. The first kappa shape index (κ1) is 22.5. The molecule has 1 amide bonds. The highest BCUT2D eigenvalue weighted by atomic mass is 32.1. The van der Waals surface area contributed by atoms with Gasteiger partial charge in [0.2, 0.25) is 0 Å². The van der Waals surface area contributed by atoms with E-state index in [1.54, 1.807) is 11.7 Å². The molecule has 5 rings (SSSR count). The van der Waals surface area contributed by atoms with E-state index in [1.165, 1.54) is 27.8 Å². The Balaban J connectivity index is 1.10. The Morgan fingerprint density at radius 3 is 2.62 bits per heavy atom. The molecule has 0 spiro atoms. The summed E-state index contributed by atoms with van der Waals surface area (Å²) in [4.78, 5) is 25.8. The Morgan fingerprint density at radius 2 is 1.85 bits per heavy atom. The van der Waals surface area contributed by atoms with Crippen LogP contribution in [-0.4, -0.2) is 51.9 Å². The van der Waals surface area contributed by atoms with Crippen LogP contribution < -0.4 is 4.74 Å². The van der Waals surface area contributed by atoms with Crippen LogP contribution in [-0.2, 0) is 13.1 Å². The zero-order valence-electron chi connectivity index (χ0n) is 19.3. The van der Waals surface area contributed by atoms with Gasteiger partial charge in [-0.3, -0.25) is 19.7 Å². The summed E-state index contributed by atoms with van der Waals surface area (Å²) in [6, 6.07) is 18.9. The lowest BCUT2D eigenvalue weighted by molar-refractivity contribution is 0.0600. The number of hydrogen-bond acceptors (Lipinski definition) is 6. The summed E-state index contributed by atoms with van der Waals surface area (Å²) in [5.74, 6) is 0.968. The van der Waals surface area contributed by atoms with Crippen molar-refractivity contribution < 1.29 is 9.53 Å². The highest BCUT2D eigenvalue weighted by molar-refractivity contribution is 7.11. The number of thiazole rings is 1. The molecule has 2 aromatic heterocycles. The molecule has 1 aliphatic rings. The van der Waals surface area contributed by atoms with Crippen molar-refractivity contribution in [2.24, 2.45) is 0 Å². The molecule has 1 saturated heterocycles. The first-order valence-corrected chi connectivity index (χ1v) is 12.5. The number of piperidine rings is 1. The maximum atomic E-state index is 12.5. The summed E-state index contributed by atoms with van der Waals surface area (Å²) in [5, 5.41) is 1.17. The first-order chi connectivity index (χ1) is 16.6. The van der Waals surface area contributed by atoms with E-state index in [2.05, 4.69) is 70.4 Å². The predicted molar refractivity (Wildman–Crippen MR) is 135 cm³/mol. The van der Waals surface area contributed by atoms with Gasteiger partial charge in [0.05, 0.1) is 17.2 Å². The van der Waals surface area contributed by atoms with Gasteiger partial charge in [0.1, 0.15) is 16.7 Å². The molecule has 0 radical (unpaired) electrons. The van der Waals surface area contributed by atoms with Crippen LogP contribution in [0.15, 0.2) is 72.5 Å². The lowest BCUT2D eigenvalue weighted by Gasteiger charge is -2.32. The fraction of sp³-hybridized carbons (Fsp3) is 0.296. The molecule has 6 nitrogen and oxygen atoms in total. The molecule has 1 fully saturated rings. The highest BCUT2D eigenvalue weighted by Crippen LogP contribution is 2.22. The molecule has 0 saturated carbocycles. The molecular weight excluding hydrogens is 444 g/mol. The van der Waals surface area contributed by atoms with Gasteiger partial charge in [0.15, 0.2) is 0 Å². The van der Waals surface area contributed by atoms with Crippen molar-refractivity contribution in [3.63, 3.8) is 0 Å². The Labute approximate surface area is 203 Å². The number of amides is 1. The molecule has 0 N–H and O–H groups in total.